The van der Waals surface area contributed by atoms with E-state index in [1.54, 1.807) is 18.3 Å². The van der Waals surface area contributed by atoms with Gasteiger partial charge in [0.15, 0.2) is 0 Å². The third-order valence-electron chi connectivity index (χ3n) is 3.25. The molecule has 1 fully saturated rings. The number of hydrogen-bond donors (Lipinski definition) is 1. The molecule has 1 aromatic heterocycles. The third kappa shape index (κ3) is 2.66. The van der Waals surface area contributed by atoms with Gasteiger partial charge in [0.25, 0.3) is 5.91 Å². The maximum atomic E-state index is 12.0. The van der Waals surface area contributed by atoms with Gasteiger partial charge in [-0.25, -0.2) is 4.98 Å². The van der Waals surface area contributed by atoms with Crippen LogP contribution < -0.4 is 5.32 Å². The summed E-state index contributed by atoms with van der Waals surface area (Å²) < 4.78 is 6.34. The molecule has 1 aliphatic rings. The van der Waals surface area contributed by atoms with E-state index in [1.807, 2.05) is 13.8 Å². The molecule has 0 aliphatic carbocycles. The van der Waals surface area contributed by atoms with Crippen molar-refractivity contribution in [3.8, 4) is 0 Å². The van der Waals surface area contributed by atoms with Crippen LogP contribution in [0.3, 0.4) is 0 Å². The lowest BCUT2D eigenvalue weighted by Gasteiger charge is -2.28. The Hall–Kier alpha value is -0.940. The topological polar surface area (TPSA) is 51.2 Å². The Bertz CT molecular complexity index is 421. The Morgan fingerprint density at radius 1 is 1.65 bits per heavy atom. The van der Waals surface area contributed by atoms with Crippen molar-refractivity contribution in [2.75, 3.05) is 6.61 Å². The first kappa shape index (κ1) is 12.5. The number of carbonyl (C=O) groups excluding carboxylic acids is 1. The fourth-order valence-corrected chi connectivity index (χ4v) is 2.07. The van der Waals surface area contributed by atoms with Gasteiger partial charge in [0.2, 0.25) is 0 Å². The number of hydrogen-bond acceptors (Lipinski definition) is 3. The summed E-state index contributed by atoms with van der Waals surface area (Å²) in [7, 11) is 0. The van der Waals surface area contributed by atoms with Gasteiger partial charge < -0.3 is 10.1 Å². The van der Waals surface area contributed by atoms with Gasteiger partial charge in [-0.05, 0) is 48.3 Å². The Labute approximate surface area is 109 Å². The standard InChI is InChI=1S/C12H15BrN2O2/c1-8-12(2,5-6-17-8)15-11(16)10-4-3-9(13)7-14-10/h3-4,7-8H,5-6H2,1-2H3,(H,15,16). The van der Waals surface area contributed by atoms with E-state index in [1.165, 1.54) is 0 Å². The molecule has 5 heteroatoms. The molecule has 1 amide bonds. The number of carbonyl (C=O) groups is 1. The second-order valence-electron chi connectivity index (χ2n) is 4.50. The van der Waals surface area contributed by atoms with Crippen LogP contribution in [0.15, 0.2) is 22.8 Å². The number of nitrogens with zero attached hydrogens (tertiary/aromatic N) is 1. The number of rotatable bonds is 2. The van der Waals surface area contributed by atoms with E-state index in [2.05, 4.69) is 26.2 Å². The highest BCUT2D eigenvalue weighted by atomic mass is 79.9. The lowest BCUT2D eigenvalue weighted by molar-refractivity contribution is 0.0724. The molecule has 4 nitrogen and oxygen atoms in total. The van der Waals surface area contributed by atoms with Crippen molar-refractivity contribution >= 4 is 21.8 Å². The lowest BCUT2D eigenvalue weighted by atomic mass is 9.94. The van der Waals surface area contributed by atoms with Crippen LogP contribution in [-0.4, -0.2) is 29.1 Å². The minimum Gasteiger partial charge on any atom is -0.376 e. The van der Waals surface area contributed by atoms with Crippen LogP contribution in [-0.2, 0) is 4.74 Å². The van der Waals surface area contributed by atoms with E-state index in [9.17, 15) is 4.79 Å². The molecule has 0 saturated carbocycles. The van der Waals surface area contributed by atoms with Crippen LogP contribution in [0.1, 0.15) is 30.8 Å². The first-order valence-electron chi connectivity index (χ1n) is 5.57. The van der Waals surface area contributed by atoms with Gasteiger partial charge in [-0.3, -0.25) is 4.79 Å². The molecule has 2 heterocycles. The van der Waals surface area contributed by atoms with Crippen LogP contribution in [0.4, 0.5) is 0 Å². The second kappa shape index (κ2) is 4.74. The quantitative estimate of drug-likeness (QED) is 0.910. The number of pyridine rings is 1. The minimum absolute atomic E-state index is 0.0295. The van der Waals surface area contributed by atoms with Crippen LogP contribution in [0, 0.1) is 0 Å². The number of ether oxygens (including phenoxy) is 1. The maximum absolute atomic E-state index is 12.0. The molecule has 1 N–H and O–H groups in total. The van der Waals surface area contributed by atoms with Gasteiger partial charge in [0.1, 0.15) is 5.69 Å². The van der Waals surface area contributed by atoms with E-state index in [0.29, 0.717) is 12.3 Å². The van der Waals surface area contributed by atoms with E-state index < -0.39 is 0 Å². The highest BCUT2D eigenvalue weighted by Crippen LogP contribution is 2.25. The van der Waals surface area contributed by atoms with Crippen LogP contribution in [0.25, 0.3) is 0 Å². The number of aromatic nitrogens is 1. The highest BCUT2D eigenvalue weighted by Gasteiger charge is 2.38. The zero-order valence-electron chi connectivity index (χ0n) is 9.87. The Balaban J connectivity index is 2.09. The molecule has 2 atom stereocenters. The molecular weight excluding hydrogens is 284 g/mol. The van der Waals surface area contributed by atoms with Gasteiger partial charge in [-0.1, -0.05) is 0 Å². The molecular formula is C12H15BrN2O2. The van der Waals surface area contributed by atoms with E-state index >= 15 is 0 Å². The predicted octanol–water partition coefficient (Wildman–Crippen LogP) is 2.14. The average molecular weight is 299 g/mol. The van der Waals surface area contributed by atoms with Crippen molar-refractivity contribution in [2.24, 2.45) is 0 Å². The Morgan fingerprint density at radius 2 is 2.41 bits per heavy atom. The average Bonchev–Trinajstić information content (AvgIpc) is 2.60. The summed E-state index contributed by atoms with van der Waals surface area (Å²) >= 11 is 3.29. The zero-order chi connectivity index (χ0) is 12.5. The third-order valence-corrected chi connectivity index (χ3v) is 3.71. The summed E-state index contributed by atoms with van der Waals surface area (Å²) in [6.07, 6.45) is 2.48. The normalized spacial score (nSPS) is 28.1. The highest BCUT2D eigenvalue weighted by molar-refractivity contribution is 9.10. The van der Waals surface area contributed by atoms with Crippen molar-refractivity contribution in [2.45, 2.75) is 31.9 Å². The van der Waals surface area contributed by atoms with Gasteiger partial charge in [-0.2, -0.15) is 0 Å². The largest absolute Gasteiger partial charge is 0.376 e. The van der Waals surface area contributed by atoms with Gasteiger partial charge >= 0.3 is 0 Å². The fourth-order valence-electron chi connectivity index (χ4n) is 1.83. The van der Waals surface area contributed by atoms with Crippen LogP contribution in [0.5, 0.6) is 0 Å². The molecule has 0 aromatic carbocycles. The fraction of sp³-hybridized carbons (Fsp3) is 0.500. The van der Waals surface area contributed by atoms with E-state index in [-0.39, 0.29) is 17.6 Å². The summed E-state index contributed by atoms with van der Waals surface area (Å²) in [6, 6.07) is 3.50. The summed E-state index contributed by atoms with van der Waals surface area (Å²) in [4.78, 5) is 16.1. The summed E-state index contributed by atoms with van der Waals surface area (Å²) in [5, 5.41) is 3.00. The molecule has 2 rings (SSSR count). The molecule has 1 aliphatic heterocycles. The number of nitrogens with one attached hydrogen (secondary N) is 1. The van der Waals surface area contributed by atoms with Crippen molar-refractivity contribution in [3.63, 3.8) is 0 Å². The minimum atomic E-state index is -0.300. The Kier molecular flexibility index (Phi) is 3.49. The van der Waals surface area contributed by atoms with Crippen molar-refractivity contribution in [1.29, 1.82) is 0 Å². The lowest BCUT2D eigenvalue weighted by Crippen LogP contribution is -2.50. The Morgan fingerprint density at radius 3 is 2.94 bits per heavy atom. The molecule has 92 valence electrons. The van der Waals surface area contributed by atoms with Crippen molar-refractivity contribution in [1.82, 2.24) is 10.3 Å². The first-order chi connectivity index (χ1) is 8.01. The predicted molar refractivity (Wildman–Crippen MR) is 67.8 cm³/mol. The molecule has 0 radical (unpaired) electrons. The number of amides is 1. The molecule has 1 aromatic rings. The summed E-state index contributed by atoms with van der Waals surface area (Å²) in [5.74, 6) is -0.155. The van der Waals surface area contributed by atoms with Crippen molar-refractivity contribution < 1.29 is 9.53 Å². The number of halogens is 1. The zero-order valence-corrected chi connectivity index (χ0v) is 11.5. The molecule has 17 heavy (non-hydrogen) atoms. The van der Waals surface area contributed by atoms with E-state index in [0.717, 1.165) is 10.9 Å². The molecule has 2 unspecified atom stereocenters. The van der Waals surface area contributed by atoms with Gasteiger partial charge in [-0.15, -0.1) is 0 Å². The van der Waals surface area contributed by atoms with Crippen LogP contribution in [0.2, 0.25) is 0 Å². The smallest absolute Gasteiger partial charge is 0.270 e. The van der Waals surface area contributed by atoms with E-state index in [4.69, 9.17) is 4.74 Å². The SMILES string of the molecule is CC1OCCC1(C)NC(=O)c1ccc(Br)cn1. The first-order valence-corrected chi connectivity index (χ1v) is 6.36. The molecule has 0 spiro atoms. The maximum Gasteiger partial charge on any atom is 0.270 e. The van der Waals surface area contributed by atoms with Crippen LogP contribution >= 0.6 is 15.9 Å². The van der Waals surface area contributed by atoms with Gasteiger partial charge in [0.05, 0.1) is 11.6 Å². The van der Waals surface area contributed by atoms with Crippen molar-refractivity contribution in [3.05, 3.63) is 28.5 Å². The molecule has 1 saturated heterocycles. The monoisotopic (exact) mass is 298 g/mol. The summed E-state index contributed by atoms with van der Waals surface area (Å²) in [5.41, 5.74) is 0.125. The molecule has 0 bridgehead atoms. The second-order valence-corrected chi connectivity index (χ2v) is 5.41. The summed E-state index contributed by atoms with van der Waals surface area (Å²) in [6.45, 7) is 4.66. The van der Waals surface area contributed by atoms with Gasteiger partial charge in [0, 0.05) is 17.3 Å².